The van der Waals surface area contributed by atoms with E-state index in [0.717, 1.165) is 32.2 Å². The minimum absolute atomic E-state index is 0.0469. The first-order valence-corrected chi connectivity index (χ1v) is 9.93. The minimum atomic E-state index is -0.817. The molecule has 2 fully saturated rings. The van der Waals surface area contributed by atoms with Gasteiger partial charge in [0.25, 0.3) is 0 Å². The van der Waals surface area contributed by atoms with E-state index >= 15 is 0 Å². The quantitative estimate of drug-likeness (QED) is 0.584. The number of aliphatic carboxylic acids is 1. The molecule has 1 unspecified atom stereocenters. The summed E-state index contributed by atoms with van der Waals surface area (Å²) in [4.78, 5) is 38.8. The Balaban J connectivity index is 1.78. The smallest absolute Gasteiger partial charge is 0.317 e. The number of hydrogen-bond acceptors (Lipinski definition) is 4. The number of carbonyl (C=O) groups excluding carboxylic acids is 2. The van der Waals surface area contributed by atoms with Gasteiger partial charge in [-0.25, -0.2) is 4.79 Å². The second-order valence-corrected chi connectivity index (χ2v) is 8.64. The first-order valence-electron chi connectivity index (χ1n) is 9.93. The highest BCUT2D eigenvalue weighted by Crippen LogP contribution is 2.31. The molecule has 2 aliphatic rings. The molecule has 0 aromatic carbocycles. The Kier molecular flexibility index (Phi) is 7.08. The lowest BCUT2D eigenvalue weighted by molar-refractivity contribution is -0.139. The Morgan fingerprint density at radius 1 is 1.30 bits per heavy atom. The molecule has 2 rings (SSSR count). The zero-order chi connectivity index (χ0) is 20.2. The van der Waals surface area contributed by atoms with Gasteiger partial charge in [0.2, 0.25) is 5.91 Å². The van der Waals surface area contributed by atoms with Crippen LogP contribution in [0, 0.1) is 11.3 Å². The van der Waals surface area contributed by atoms with E-state index < -0.39 is 11.4 Å². The highest BCUT2D eigenvalue weighted by molar-refractivity contribution is 5.80. The van der Waals surface area contributed by atoms with Gasteiger partial charge in [0.15, 0.2) is 0 Å². The molecule has 0 aromatic rings. The van der Waals surface area contributed by atoms with Crippen LogP contribution >= 0.6 is 0 Å². The monoisotopic (exact) mass is 382 g/mol. The number of likely N-dealkylation sites (tertiary alicyclic amines) is 1. The van der Waals surface area contributed by atoms with Gasteiger partial charge in [-0.15, -0.1) is 0 Å². The molecule has 0 bridgehead atoms. The molecule has 8 nitrogen and oxygen atoms in total. The van der Waals surface area contributed by atoms with Crippen molar-refractivity contribution in [3.63, 3.8) is 0 Å². The predicted octanol–water partition coefficient (Wildman–Crippen LogP) is 1.25. The second kappa shape index (κ2) is 8.91. The zero-order valence-electron chi connectivity index (χ0n) is 16.7. The van der Waals surface area contributed by atoms with Gasteiger partial charge in [-0.1, -0.05) is 20.8 Å². The van der Waals surface area contributed by atoms with Crippen LogP contribution in [0.3, 0.4) is 0 Å². The number of carboxylic acids is 1. The lowest BCUT2D eigenvalue weighted by Gasteiger charge is -2.43. The van der Waals surface area contributed by atoms with Crippen LogP contribution in [-0.4, -0.2) is 71.1 Å². The summed E-state index contributed by atoms with van der Waals surface area (Å²) in [6.07, 6.45) is 4.21. The van der Waals surface area contributed by atoms with Crippen molar-refractivity contribution in [1.29, 1.82) is 0 Å². The van der Waals surface area contributed by atoms with Crippen LogP contribution in [0.4, 0.5) is 4.79 Å². The maximum Gasteiger partial charge on any atom is 0.317 e. The molecule has 3 amide bonds. The molecule has 0 aromatic heterocycles. The molecule has 0 radical (unpaired) electrons. The molecule has 1 heterocycles. The van der Waals surface area contributed by atoms with Crippen molar-refractivity contribution < 1.29 is 19.5 Å². The third kappa shape index (κ3) is 5.82. The maximum atomic E-state index is 12.6. The van der Waals surface area contributed by atoms with Gasteiger partial charge in [-0.05, 0) is 44.6 Å². The first-order chi connectivity index (χ1) is 12.6. The van der Waals surface area contributed by atoms with Crippen LogP contribution in [0.1, 0.15) is 52.9 Å². The second-order valence-electron chi connectivity index (χ2n) is 8.64. The normalized spacial score (nSPS) is 25.8. The average Bonchev–Trinajstić information content (AvgIpc) is 2.55. The van der Waals surface area contributed by atoms with E-state index in [-0.39, 0.29) is 36.5 Å². The third-order valence-electron chi connectivity index (χ3n) is 5.97. The van der Waals surface area contributed by atoms with Gasteiger partial charge < -0.3 is 21.1 Å². The Labute approximate surface area is 161 Å². The Bertz CT molecular complexity index is 560. The number of amides is 3. The van der Waals surface area contributed by atoms with Crippen molar-refractivity contribution >= 4 is 17.9 Å². The molecule has 154 valence electrons. The van der Waals surface area contributed by atoms with Gasteiger partial charge in [0.05, 0.1) is 6.54 Å². The lowest BCUT2D eigenvalue weighted by Crippen LogP contribution is -2.57. The van der Waals surface area contributed by atoms with Gasteiger partial charge in [0.1, 0.15) is 0 Å². The Hall–Kier alpha value is -1.83. The maximum absolute atomic E-state index is 12.6. The lowest BCUT2D eigenvalue weighted by atomic mass is 9.79. The zero-order valence-corrected chi connectivity index (χ0v) is 16.7. The van der Waals surface area contributed by atoms with Crippen molar-refractivity contribution in [1.82, 2.24) is 15.1 Å². The molecule has 8 heteroatoms. The number of carbonyl (C=O) groups is 3. The number of primary amides is 1. The van der Waals surface area contributed by atoms with E-state index in [0.29, 0.717) is 19.5 Å². The number of likely N-dealkylation sites (N-methyl/N-ethyl adjacent to an activating group) is 1. The van der Waals surface area contributed by atoms with Crippen molar-refractivity contribution in [2.45, 2.75) is 65.0 Å². The molecular weight excluding hydrogens is 348 g/mol. The van der Waals surface area contributed by atoms with E-state index in [1.54, 1.807) is 0 Å². The van der Waals surface area contributed by atoms with Crippen LogP contribution in [0.5, 0.6) is 0 Å². The average molecular weight is 383 g/mol. The highest BCUT2D eigenvalue weighted by Gasteiger charge is 2.37. The largest absolute Gasteiger partial charge is 0.480 e. The van der Waals surface area contributed by atoms with E-state index in [2.05, 4.69) is 5.32 Å². The molecule has 27 heavy (non-hydrogen) atoms. The number of rotatable bonds is 8. The topological polar surface area (TPSA) is 116 Å². The third-order valence-corrected chi connectivity index (χ3v) is 5.97. The van der Waals surface area contributed by atoms with Crippen LogP contribution in [0.25, 0.3) is 0 Å². The van der Waals surface area contributed by atoms with Crippen LogP contribution in [0.15, 0.2) is 0 Å². The van der Waals surface area contributed by atoms with Gasteiger partial charge in [-0.2, -0.15) is 0 Å². The van der Waals surface area contributed by atoms with Gasteiger partial charge in [-0.3, -0.25) is 14.5 Å². The fourth-order valence-corrected chi connectivity index (χ4v) is 4.18. The van der Waals surface area contributed by atoms with Crippen LogP contribution in [-0.2, 0) is 9.59 Å². The summed E-state index contributed by atoms with van der Waals surface area (Å²) in [5.41, 5.74) is 4.92. The van der Waals surface area contributed by atoms with Crippen LogP contribution in [0.2, 0.25) is 0 Å². The van der Waals surface area contributed by atoms with Crippen molar-refractivity contribution in [3.8, 4) is 0 Å². The summed E-state index contributed by atoms with van der Waals surface area (Å²) in [6, 6.07) is 0.274. The van der Waals surface area contributed by atoms with E-state index in [4.69, 9.17) is 10.8 Å². The number of urea groups is 1. The van der Waals surface area contributed by atoms with E-state index in [1.165, 1.54) is 0 Å². The SMILES string of the molecule is CCN(CC(=O)O)C1CC(NC(=O)N2CCCC(CC(C)(C)C(N)=O)C2)C1. The number of carboxylic acid groups (broad SMARTS) is 1. The minimum Gasteiger partial charge on any atom is -0.480 e. The summed E-state index contributed by atoms with van der Waals surface area (Å²) in [7, 11) is 0. The number of hydrogen-bond donors (Lipinski definition) is 3. The Morgan fingerprint density at radius 2 is 1.96 bits per heavy atom. The molecule has 1 saturated heterocycles. The van der Waals surface area contributed by atoms with Gasteiger partial charge >= 0.3 is 12.0 Å². The van der Waals surface area contributed by atoms with E-state index in [1.807, 2.05) is 30.6 Å². The molecule has 0 spiro atoms. The molecule has 1 atom stereocenters. The molecule has 4 N–H and O–H groups in total. The highest BCUT2D eigenvalue weighted by atomic mass is 16.4. The summed E-state index contributed by atoms with van der Waals surface area (Å²) < 4.78 is 0. The number of nitrogens with two attached hydrogens (primary N) is 1. The summed E-state index contributed by atoms with van der Waals surface area (Å²) in [5.74, 6) is -0.832. The molecule has 1 aliphatic heterocycles. The van der Waals surface area contributed by atoms with Crippen LogP contribution < -0.4 is 11.1 Å². The fourth-order valence-electron chi connectivity index (χ4n) is 4.18. The molecule has 1 saturated carbocycles. The number of nitrogens with one attached hydrogen (secondary N) is 1. The first kappa shape index (κ1) is 21.5. The number of piperidine rings is 1. The summed E-state index contributed by atoms with van der Waals surface area (Å²) in [6.45, 7) is 7.80. The van der Waals surface area contributed by atoms with Crippen molar-refractivity contribution in [2.24, 2.45) is 17.1 Å². The fraction of sp³-hybridized carbons (Fsp3) is 0.842. The van der Waals surface area contributed by atoms with Crippen molar-refractivity contribution in [3.05, 3.63) is 0 Å². The predicted molar refractivity (Wildman–Crippen MR) is 102 cm³/mol. The number of nitrogens with zero attached hydrogens (tertiary/aromatic N) is 2. The molecular formula is C19H34N4O4. The summed E-state index contributed by atoms with van der Waals surface area (Å²) in [5, 5.41) is 12.0. The standard InChI is InChI=1S/C19H34N4O4/c1-4-22(12-16(24)25)15-8-14(9-15)21-18(27)23-7-5-6-13(11-23)10-19(2,3)17(20)26/h13-15H,4-12H2,1-3H3,(H2,20,26)(H,21,27)(H,24,25). The van der Waals surface area contributed by atoms with E-state index in [9.17, 15) is 14.4 Å². The summed E-state index contributed by atoms with van der Waals surface area (Å²) >= 11 is 0. The Morgan fingerprint density at radius 3 is 2.52 bits per heavy atom. The molecule has 1 aliphatic carbocycles. The van der Waals surface area contributed by atoms with Crippen molar-refractivity contribution in [2.75, 3.05) is 26.2 Å². The van der Waals surface area contributed by atoms with Gasteiger partial charge in [0, 0.05) is 30.6 Å².